The molecule has 0 saturated heterocycles. The smallest absolute Gasteiger partial charge is 0.147 e. The maximum absolute atomic E-state index is 4.51. The average molecular weight is 1190 g/mol. The maximum Gasteiger partial charge on any atom is -0.147 e. The first-order valence-corrected chi connectivity index (χ1v) is 42.8. The number of hydrogen-bond acceptors (Lipinski definition) is 0. The van der Waals surface area contributed by atoms with Gasteiger partial charge in [0.15, 0.2) is 0 Å². The quantitative estimate of drug-likeness (QED) is 0.107. The van der Waals surface area contributed by atoms with Gasteiger partial charge < -0.3 is 0 Å². The molecule has 0 bridgehead atoms. The zero-order valence-electron chi connectivity index (χ0n) is 50.5. The zero-order valence-corrected chi connectivity index (χ0v) is 56.0. The van der Waals surface area contributed by atoms with Crippen LogP contribution in [0.4, 0.5) is 0 Å². The van der Waals surface area contributed by atoms with Crippen LogP contribution >= 0.6 is 24.8 Å². The standard InChI is InChI=1S/2C37H39.2CH3.2ClH.H2Si.Zr/c2*1-36(2,3)30-18-14-28(15-19-30)32-22-23-33(29-16-20-31(21-17-29)37(4,5)6)35-25-27(24-34(32)35)13-12-26-10-8-7-9-11-26;;;;;;/h2*7-11,14-25H,12-13H2,1-6H3;2*1H3;2*1H;1H2;. The molecule has 0 N–H and O–H groups in total. The molecule has 2 unspecified atom stereocenters. The topological polar surface area (TPSA) is 0 Å². The molecule has 0 radical (unpaired) electrons. The first kappa shape index (κ1) is 61.0. The molecule has 0 saturated carbocycles. The van der Waals surface area contributed by atoms with E-state index in [0.717, 1.165) is 25.7 Å². The molecule has 0 aliphatic heterocycles. The Morgan fingerprint density at radius 1 is 0.325 bits per heavy atom. The van der Waals surface area contributed by atoms with E-state index in [9.17, 15) is 0 Å². The van der Waals surface area contributed by atoms with Crippen LogP contribution in [0.3, 0.4) is 0 Å². The number of benzene rings is 8. The van der Waals surface area contributed by atoms with Crippen LogP contribution in [-0.4, -0.2) is 6.88 Å². The third kappa shape index (κ3) is 12.3. The van der Waals surface area contributed by atoms with Gasteiger partial charge in [0, 0.05) is 0 Å². The first-order chi connectivity index (χ1) is 36.7. The van der Waals surface area contributed by atoms with E-state index in [1.54, 1.807) is 22.3 Å². The summed E-state index contributed by atoms with van der Waals surface area (Å²) >= 11 is -4.51. The predicted octanol–water partition coefficient (Wildman–Crippen LogP) is 21.6. The third-order valence-corrected chi connectivity index (χ3v) is 35.2. The van der Waals surface area contributed by atoms with E-state index < -0.39 is 17.4 Å². The van der Waals surface area contributed by atoms with E-state index in [0.29, 0.717) is 0 Å². The minimum atomic E-state index is -4.51. The summed E-state index contributed by atoms with van der Waals surface area (Å²) in [4.78, 5) is 0. The van der Waals surface area contributed by atoms with Crippen molar-refractivity contribution in [3.63, 3.8) is 0 Å². The molecule has 0 spiro atoms. The second kappa shape index (κ2) is 22.9. The van der Waals surface area contributed by atoms with E-state index in [2.05, 4.69) is 293 Å². The number of fused-ring (bicyclic) bond motifs is 2. The van der Waals surface area contributed by atoms with Gasteiger partial charge in [-0.25, -0.2) is 0 Å². The Morgan fingerprint density at radius 3 is 0.838 bits per heavy atom. The summed E-state index contributed by atoms with van der Waals surface area (Å²) < 4.78 is 6.33. The number of aryl methyl sites for hydroxylation is 2. The molecular weight excluding hydrogens is 1100 g/mol. The fraction of sp³-hybridized carbons (Fsp3) is 0.316. The molecule has 0 aromatic heterocycles. The van der Waals surface area contributed by atoms with Gasteiger partial charge in [-0.15, -0.1) is 24.8 Å². The van der Waals surface area contributed by atoms with Crippen LogP contribution < -0.4 is 0 Å². The van der Waals surface area contributed by atoms with E-state index in [-0.39, 0.29) is 53.7 Å². The molecule has 2 aliphatic carbocycles. The van der Waals surface area contributed by atoms with E-state index in [1.807, 2.05) is 0 Å². The number of rotatable bonds is 12. The fourth-order valence-corrected chi connectivity index (χ4v) is 33.0. The van der Waals surface area contributed by atoms with Gasteiger partial charge in [-0.1, -0.05) is 0 Å². The van der Waals surface area contributed by atoms with Gasteiger partial charge in [-0.2, -0.15) is 0 Å². The molecule has 80 heavy (non-hydrogen) atoms. The van der Waals surface area contributed by atoms with Crippen molar-refractivity contribution in [2.24, 2.45) is 0 Å². The van der Waals surface area contributed by atoms with Crippen molar-refractivity contribution in [1.82, 2.24) is 0 Å². The van der Waals surface area contributed by atoms with Crippen molar-refractivity contribution in [2.45, 2.75) is 147 Å². The number of halogens is 2. The predicted molar refractivity (Wildman–Crippen MR) is 355 cm³/mol. The Balaban J connectivity index is 0.00000420. The van der Waals surface area contributed by atoms with Crippen molar-refractivity contribution < 1.29 is 17.4 Å². The van der Waals surface area contributed by atoms with E-state index in [1.165, 1.54) is 89.0 Å². The van der Waals surface area contributed by atoms with E-state index >= 15 is 0 Å². The maximum atomic E-state index is 2.89. The van der Waals surface area contributed by atoms with E-state index in [4.69, 9.17) is 0 Å². The van der Waals surface area contributed by atoms with Gasteiger partial charge in [0.05, 0.1) is 0 Å². The SMILES string of the molecule is CC(C)(C)c1ccc(-c2ccc(-c3ccc(C(C)(C)C)cc3)c3c2C=C(CCc2ccccc2)[CH]3[Zr]([CH3])([CH3])(=[SiH2])[CH]2C(CCc3ccccc3)=Cc3c(-c4ccc(C(C)(C)C)cc4)ccc(-c4ccc(C(C)(C)C)cc4)c32)cc1.Cl.Cl. The van der Waals surface area contributed by atoms with Gasteiger partial charge >= 0.3 is 477 Å². The normalized spacial score (nSPS) is 15.5. The second-order valence-electron chi connectivity index (χ2n) is 28.5. The minimum Gasteiger partial charge on any atom is -0.147 e. The second-order valence-corrected chi connectivity index (χ2v) is 59.0. The molecule has 0 fully saturated rings. The summed E-state index contributed by atoms with van der Waals surface area (Å²) in [7, 11) is 0. The Labute approximate surface area is 497 Å². The summed E-state index contributed by atoms with van der Waals surface area (Å²) in [5, 5.41) is 0. The summed E-state index contributed by atoms with van der Waals surface area (Å²) in [6.07, 6.45) is 9.49. The molecule has 0 heterocycles. The fourth-order valence-electron chi connectivity index (χ4n) is 13.4. The van der Waals surface area contributed by atoms with Crippen LogP contribution in [0, 0.1) is 0 Å². The van der Waals surface area contributed by atoms with Gasteiger partial charge in [0.25, 0.3) is 0 Å². The summed E-state index contributed by atoms with van der Waals surface area (Å²) in [6.45, 7) is 30.5. The Morgan fingerprint density at radius 2 is 0.575 bits per heavy atom. The van der Waals surface area contributed by atoms with Crippen LogP contribution in [0.1, 0.15) is 159 Å². The molecule has 0 nitrogen and oxygen atoms in total. The Kier molecular flexibility index (Phi) is 17.5. The molecule has 8 aromatic rings. The van der Waals surface area contributed by atoms with Gasteiger partial charge in [0.2, 0.25) is 0 Å². The van der Waals surface area contributed by atoms with Gasteiger partial charge in [0.1, 0.15) is 0 Å². The monoisotopic (exact) mass is 1190 g/mol. The van der Waals surface area contributed by atoms with Crippen molar-refractivity contribution >= 4 is 43.8 Å². The third-order valence-electron chi connectivity index (χ3n) is 17.8. The van der Waals surface area contributed by atoms with Crippen LogP contribution in [0.2, 0.25) is 9.26 Å². The summed E-state index contributed by atoms with van der Waals surface area (Å²) in [5.74, 6) is 0. The van der Waals surface area contributed by atoms with Gasteiger partial charge in [-0.05, 0) is 0 Å². The molecule has 2 atom stereocenters. The van der Waals surface area contributed by atoms with Crippen molar-refractivity contribution in [3.8, 4) is 44.5 Å². The van der Waals surface area contributed by atoms with Gasteiger partial charge in [-0.3, -0.25) is 0 Å². The Hall–Kier alpha value is -5.08. The minimum absolute atomic E-state index is 0. The largest absolute Gasteiger partial charge is 0.147 e. The zero-order chi connectivity index (χ0) is 55.6. The average Bonchev–Trinajstić information content (AvgIpc) is 3.71. The molecule has 8 aromatic carbocycles. The molecule has 0 amide bonds. The number of hydrogen-bond donors (Lipinski definition) is 0. The first-order valence-electron chi connectivity index (χ1n) is 29.1. The molecule has 4 heteroatoms. The van der Waals surface area contributed by atoms with Crippen LogP contribution in [0.25, 0.3) is 56.7 Å². The molecule has 414 valence electrons. The van der Waals surface area contributed by atoms with Crippen molar-refractivity contribution in [2.75, 3.05) is 0 Å². The van der Waals surface area contributed by atoms with Crippen molar-refractivity contribution in [1.29, 1.82) is 0 Å². The van der Waals surface area contributed by atoms with Crippen LogP contribution in [0.15, 0.2) is 193 Å². The summed E-state index contributed by atoms with van der Waals surface area (Å²) in [5.41, 5.74) is 28.5. The van der Waals surface area contributed by atoms with Crippen LogP contribution in [0.5, 0.6) is 0 Å². The van der Waals surface area contributed by atoms with Crippen molar-refractivity contribution in [3.05, 3.63) is 249 Å². The molecule has 2 aliphatic rings. The number of allylic oxidation sites excluding steroid dienone is 2. The molecular formula is C76H88Cl2SiZr. The van der Waals surface area contributed by atoms with Crippen LogP contribution in [-0.2, 0) is 51.9 Å². The molecule has 10 rings (SSSR count). The Bertz CT molecular complexity index is 3380. The summed E-state index contributed by atoms with van der Waals surface area (Å²) in [6, 6.07) is 71.0.